The molecule has 2 atom stereocenters. The van der Waals surface area contributed by atoms with E-state index in [9.17, 15) is 23.1 Å². The van der Waals surface area contributed by atoms with Gasteiger partial charge in [0.25, 0.3) is 0 Å². The van der Waals surface area contributed by atoms with Crippen LogP contribution >= 0.6 is 0 Å². The SMILES string of the molecule is COc1ccc2nccc(CCCC3CCN(CCCc4ccc(C(F)(F)F)cc4)CC3CCC(=O)O)c2c1. The molecule has 0 spiro atoms. The summed E-state index contributed by atoms with van der Waals surface area (Å²) in [4.78, 5) is 18.2. The Morgan fingerprint density at radius 1 is 1.05 bits per heavy atom. The van der Waals surface area contributed by atoms with Gasteiger partial charge in [-0.05, 0) is 117 Å². The average Bonchev–Trinajstić information content (AvgIpc) is 2.92. The van der Waals surface area contributed by atoms with E-state index in [0.29, 0.717) is 18.3 Å². The number of benzene rings is 2. The number of carboxylic acid groups (broad SMARTS) is 1. The minimum atomic E-state index is -4.31. The van der Waals surface area contributed by atoms with Crippen LogP contribution in [0.1, 0.15) is 55.2 Å². The Bertz CT molecular complexity index is 1230. The van der Waals surface area contributed by atoms with E-state index in [1.807, 2.05) is 24.4 Å². The fourth-order valence-electron chi connectivity index (χ4n) is 5.82. The second-order valence-corrected chi connectivity index (χ2v) is 10.6. The molecule has 0 amide bonds. The van der Waals surface area contributed by atoms with Crippen LogP contribution in [0.2, 0.25) is 0 Å². The van der Waals surface area contributed by atoms with Crippen molar-refractivity contribution in [2.24, 2.45) is 11.8 Å². The maximum absolute atomic E-state index is 12.8. The Hall–Kier alpha value is -3.13. The van der Waals surface area contributed by atoms with E-state index in [0.717, 1.165) is 92.5 Å². The molecule has 210 valence electrons. The molecule has 3 aromatic rings. The van der Waals surface area contributed by atoms with Gasteiger partial charge in [-0.3, -0.25) is 9.78 Å². The molecule has 2 unspecified atom stereocenters. The molecule has 2 aromatic carbocycles. The number of likely N-dealkylation sites (tertiary alicyclic amines) is 1. The normalized spacial score (nSPS) is 18.4. The minimum absolute atomic E-state index is 0.176. The number of hydrogen-bond donors (Lipinski definition) is 1. The predicted octanol–water partition coefficient (Wildman–Crippen LogP) is 7.02. The summed E-state index contributed by atoms with van der Waals surface area (Å²) in [7, 11) is 1.66. The molecule has 1 fully saturated rings. The Balaban J connectivity index is 1.29. The number of methoxy groups -OCH3 is 1. The summed E-state index contributed by atoms with van der Waals surface area (Å²) in [5.41, 5.74) is 2.49. The quantitative estimate of drug-likeness (QED) is 0.267. The molecular weight excluding hydrogens is 505 g/mol. The number of ether oxygens (including phenoxy) is 1. The minimum Gasteiger partial charge on any atom is -0.497 e. The summed E-state index contributed by atoms with van der Waals surface area (Å²) in [6.07, 6.45) is 4.02. The molecule has 1 N–H and O–H groups in total. The number of carboxylic acids is 1. The number of pyridine rings is 1. The van der Waals surface area contributed by atoms with E-state index in [-0.39, 0.29) is 6.42 Å². The van der Waals surface area contributed by atoms with E-state index >= 15 is 0 Å². The van der Waals surface area contributed by atoms with E-state index in [1.165, 1.54) is 5.56 Å². The van der Waals surface area contributed by atoms with Crippen LogP contribution in [0, 0.1) is 11.8 Å². The average molecular weight is 543 g/mol. The fourth-order valence-corrected chi connectivity index (χ4v) is 5.82. The molecule has 0 aliphatic carbocycles. The van der Waals surface area contributed by atoms with Crippen LogP contribution in [0.3, 0.4) is 0 Å². The number of rotatable bonds is 12. The second-order valence-electron chi connectivity index (χ2n) is 10.6. The van der Waals surface area contributed by atoms with Crippen molar-refractivity contribution >= 4 is 16.9 Å². The van der Waals surface area contributed by atoms with E-state index in [2.05, 4.69) is 16.0 Å². The Kier molecular flexibility index (Phi) is 9.83. The molecule has 2 heterocycles. The monoisotopic (exact) mass is 542 g/mol. The standard InChI is InChI=1S/C31H37F3N2O3/c1-39-27-12-13-29-28(20-27)24(15-17-35-29)6-2-5-23-16-19-36(21-25(23)9-14-30(37)38)18-3-4-22-7-10-26(11-8-22)31(32,33)34/h7-8,10-13,15,17,20,23,25H,2-6,9,14,16,18-19,21H2,1H3,(H,37,38). The highest BCUT2D eigenvalue weighted by atomic mass is 19.4. The molecule has 1 aliphatic heterocycles. The lowest BCUT2D eigenvalue weighted by Gasteiger charge is -2.39. The number of nitrogens with zero attached hydrogens (tertiary/aromatic N) is 2. The van der Waals surface area contributed by atoms with Gasteiger partial charge in [0, 0.05) is 24.5 Å². The van der Waals surface area contributed by atoms with Gasteiger partial charge in [-0.25, -0.2) is 0 Å². The fraction of sp³-hybridized carbons (Fsp3) is 0.484. The molecule has 8 heteroatoms. The van der Waals surface area contributed by atoms with Crippen molar-refractivity contribution in [1.29, 1.82) is 0 Å². The van der Waals surface area contributed by atoms with Gasteiger partial charge in [-0.1, -0.05) is 12.1 Å². The number of aryl methyl sites for hydroxylation is 2. The third-order valence-corrected chi connectivity index (χ3v) is 7.99. The molecule has 0 radical (unpaired) electrons. The van der Waals surface area contributed by atoms with E-state index in [1.54, 1.807) is 19.2 Å². The van der Waals surface area contributed by atoms with Gasteiger partial charge in [0.1, 0.15) is 5.75 Å². The summed E-state index contributed by atoms with van der Waals surface area (Å²) in [6, 6.07) is 13.4. The van der Waals surface area contributed by atoms with Gasteiger partial charge in [-0.2, -0.15) is 13.2 Å². The lowest BCUT2D eigenvalue weighted by atomic mass is 9.79. The maximum atomic E-state index is 12.8. The summed E-state index contributed by atoms with van der Waals surface area (Å²) in [5.74, 6) is 0.870. The highest BCUT2D eigenvalue weighted by Gasteiger charge is 2.30. The van der Waals surface area contributed by atoms with Crippen molar-refractivity contribution in [3.63, 3.8) is 0 Å². The first-order valence-corrected chi connectivity index (χ1v) is 13.7. The van der Waals surface area contributed by atoms with E-state index < -0.39 is 17.7 Å². The molecule has 0 saturated carbocycles. The molecule has 1 aliphatic rings. The van der Waals surface area contributed by atoms with Crippen LogP contribution in [-0.2, 0) is 23.8 Å². The second kappa shape index (κ2) is 13.3. The van der Waals surface area contributed by atoms with Gasteiger partial charge >= 0.3 is 12.1 Å². The summed E-state index contributed by atoms with van der Waals surface area (Å²) < 4.78 is 43.8. The molecule has 4 rings (SSSR count). The number of halogens is 3. The van der Waals surface area contributed by atoms with Crippen molar-refractivity contribution in [2.45, 2.75) is 57.5 Å². The van der Waals surface area contributed by atoms with Crippen LogP contribution in [0.4, 0.5) is 13.2 Å². The highest BCUT2D eigenvalue weighted by Crippen LogP contribution is 2.33. The van der Waals surface area contributed by atoms with Crippen molar-refractivity contribution in [3.05, 3.63) is 71.4 Å². The predicted molar refractivity (Wildman–Crippen MR) is 146 cm³/mol. The third-order valence-electron chi connectivity index (χ3n) is 7.99. The Labute approximate surface area is 228 Å². The van der Waals surface area contributed by atoms with E-state index in [4.69, 9.17) is 4.74 Å². The van der Waals surface area contributed by atoms with Crippen LogP contribution in [0.5, 0.6) is 5.75 Å². The molecule has 1 aromatic heterocycles. The van der Waals surface area contributed by atoms with Crippen LogP contribution in [0.15, 0.2) is 54.7 Å². The summed E-state index contributed by atoms with van der Waals surface area (Å²) >= 11 is 0. The van der Waals surface area contributed by atoms with Crippen LogP contribution in [-0.4, -0.2) is 47.7 Å². The number of carbonyl (C=O) groups is 1. The Morgan fingerprint density at radius 3 is 2.56 bits per heavy atom. The molecular formula is C31H37F3N2O3. The maximum Gasteiger partial charge on any atom is 0.416 e. The van der Waals surface area contributed by atoms with Gasteiger partial charge in [0.05, 0.1) is 18.2 Å². The lowest BCUT2D eigenvalue weighted by Crippen LogP contribution is -2.41. The first kappa shape index (κ1) is 28.9. The smallest absolute Gasteiger partial charge is 0.416 e. The van der Waals surface area contributed by atoms with Gasteiger partial charge in [0.15, 0.2) is 0 Å². The molecule has 0 bridgehead atoms. The van der Waals surface area contributed by atoms with Gasteiger partial charge < -0.3 is 14.7 Å². The Morgan fingerprint density at radius 2 is 1.85 bits per heavy atom. The first-order valence-electron chi connectivity index (χ1n) is 13.7. The topological polar surface area (TPSA) is 62.7 Å². The van der Waals surface area contributed by atoms with Crippen molar-refractivity contribution in [2.75, 3.05) is 26.7 Å². The summed E-state index contributed by atoms with van der Waals surface area (Å²) in [6.45, 7) is 2.71. The molecule has 39 heavy (non-hydrogen) atoms. The number of fused-ring (bicyclic) bond motifs is 1. The zero-order valence-electron chi connectivity index (χ0n) is 22.4. The number of hydrogen-bond acceptors (Lipinski definition) is 4. The zero-order valence-corrected chi connectivity index (χ0v) is 22.4. The molecule has 5 nitrogen and oxygen atoms in total. The van der Waals surface area contributed by atoms with Crippen molar-refractivity contribution < 1.29 is 27.8 Å². The number of aliphatic carboxylic acids is 1. The number of piperidine rings is 1. The van der Waals surface area contributed by atoms with Crippen molar-refractivity contribution in [3.8, 4) is 5.75 Å². The number of aromatic nitrogens is 1. The highest BCUT2D eigenvalue weighted by molar-refractivity contribution is 5.83. The first-order chi connectivity index (χ1) is 18.7. The number of alkyl halides is 3. The van der Waals surface area contributed by atoms with Crippen molar-refractivity contribution in [1.82, 2.24) is 9.88 Å². The van der Waals surface area contributed by atoms with Gasteiger partial charge in [-0.15, -0.1) is 0 Å². The van der Waals surface area contributed by atoms with Crippen LogP contribution < -0.4 is 4.74 Å². The summed E-state index contributed by atoms with van der Waals surface area (Å²) in [5, 5.41) is 10.4. The van der Waals surface area contributed by atoms with Gasteiger partial charge in [0.2, 0.25) is 0 Å². The third kappa shape index (κ3) is 8.18. The molecule has 1 saturated heterocycles. The van der Waals surface area contributed by atoms with Crippen LogP contribution in [0.25, 0.3) is 10.9 Å². The largest absolute Gasteiger partial charge is 0.497 e. The zero-order chi connectivity index (χ0) is 27.8. The lowest BCUT2D eigenvalue weighted by molar-refractivity contribution is -0.138.